The Labute approximate surface area is 101 Å². The standard InChI is InChI=1S/C14H15NO2/c1-11(16)10-12-6-5-9-15(14(12)17)13-7-3-2-4-8-13/h2-4,6-8H,5,9-10H2,1H3. The van der Waals surface area contributed by atoms with Gasteiger partial charge in [-0.15, -0.1) is 0 Å². The van der Waals surface area contributed by atoms with Crippen LogP contribution < -0.4 is 4.90 Å². The number of para-hydroxylation sites is 1. The first-order chi connectivity index (χ1) is 8.18. The summed E-state index contributed by atoms with van der Waals surface area (Å²) < 4.78 is 0. The summed E-state index contributed by atoms with van der Waals surface area (Å²) >= 11 is 0. The fourth-order valence-electron chi connectivity index (χ4n) is 2.00. The number of hydrogen-bond donors (Lipinski definition) is 0. The second-order valence-corrected chi connectivity index (χ2v) is 4.19. The maximum absolute atomic E-state index is 12.2. The summed E-state index contributed by atoms with van der Waals surface area (Å²) in [6.45, 7) is 2.19. The SMILES string of the molecule is CC(=O)CC1=CCCN(c2ccccc2)C1=O. The molecule has 0 radical (unpaired) electrons. The number of anilines is 1. The van der Waals surface area contributed by atoms with Crippen molar-refractivity contribution >= 4 is 17.4 Å². The third-order valence-electron chi connectivity index (χ3n) is 2.77. The van der Waals surface area contributed by atoms with Gasteiger partial charge in [0.25, 0.3) is 5.91 Å². The van der Waals surface area contributed by atoms with Crippen molar-refractivity contribution in [2.75, 3.05) is 11.4 Å². The maximum Gasteiger partial charge on any atom is 0.254 e. The monoisotopic (exact) mass is 229 g/mol. The molecule has 2 rings (SSSR count). The molecule has 0 aromatic heterocycles. The molecule has 0 aliphatic carbocycles. The summed E-state index contributed by atoms with van der Waals surface area (Å²) in [7, 11) is 0. The molecule has 0 fully saturated rings. The van der Waals surface area contributed by atoms with Gasteiger partial charge in [-0.05, 0) is 25.5 Å². The van der Waals surface area contributed by atoms with Crippen LogP contribution in [0, 0.1) is 0 Å². The van der Waals surface area contributed by atoms with Crippen LogP contribution in [-0.4, -0.2) is 18.2 Å². The van der Waals surface area contributed by atoms with E-state index in [2.05, 4.69) is 0 Å². The molecule has 1 aromatic rings. The Balaban J connectivity index is 2.20. The molecule has 17 heavy (non-hydrogen) atoms. The molecule has 88 valence electrons. The first-order valence-corrected chi connectivity index (χ1v) is 5.74. The summed E-state index contributed by atoms with van der Waals surface area (Å²) in [6.07, 6.45) is 2.93. The van der Waals surface area contributed by atoms with E-state index in [0.717, 1.165) is 12.1 Å². The van der Waals surface area contributed by atoms with Crippen LogP contribution in [0.1, 0.15) is 19.8 Å². The van der Waals surface area contributed by atoms with Crippen LogP contribution in [0.2, 0.25) is 0 Å². The molecule has 0 bridgehead atoms. The van der Waals surface area contributed by atoms with Crippen molar-refractivity contribution in [1.29, 1.82) is 0 Å². The van der Waals surface area contributed by atoms with Crippen LogP contribution in [0.15, 0.2) is 42.0 Å². The first-order valence-electron chi connectivity index (χ1n) is 5.74. The average molecular weight is 229 g/mol. The number of benzene rings is 1. The van der Waals surface area contributed by atoms with E-state index in [0.29, 0.717) is 12.1 Å². The summed E-state index contributed by atoms with van der Waals surface area (Å²) in [5.74, 6) is -0.0165. The Kier molecular flexibility index (Phi) is 3.38. The van der Waals surface area contributed by atoms with Gasteiger partial charge in [-0.3, -0.25) is 9.59 Å². The van der Waals surface area contributed by atoms with Crippen LogP contribution in [0.3, 0.4) is 0 Å². The third kappa shape index (κ3) is 2.61. The van der Waals surface area contributed by atoms with Crippen LogP contribution >= 0.6 is 0 Å². The van der Waals surface area contributed by atoms with Gasteiger partial charge in [0.2, 0.25) is 0 Å². The van der Waals surface area contributed by atoms with Gasteiger partial charge < -0.3 is 4.90 Å². The Bertz CT molecular complexity index is 462. The highest BCUT2D eigenvalue weighted by Gasteiger charge is 2.23. The van der Waals surface area contributed by atoms with Crippen molar-refractivity contribution in [2.24, 2.45) is 0 Å². The highest BCUT2D eigenvalue weighted by Crippen LogP contribution is 2.22. The van der Waals surface area contributed by atoms with Crippen LogP contribution in [-0.2, 0) is 9.59 Å². The Hall–Kier alpha value is -1.90. The molecule has 0 saturated carbocycles. The molecule has 0 atom stereocenters. The van der Waals surface area contributed by atoms with Gasteiger partial charge in [0, 0.05) is 24.2 Å². The predicted octanol–water partition coefficient (Wildman–Crippen LogP) is 2.33. The topological polar surface area (TPSA) is 37.4 Å². The molecule has 1 amide bonds. The van der Waals surface area contributed by atoms with Gasteiger partial charge in [-0.25, -0.2) is 0 Å². The number of nitrogens with zero attached hydrogens (tertiary/aromatic N) is 1. The van der Waals surface area contributed by atoms with Gasteiger partial charge >= 0.3 is 0 Å². The average Bonchev–Trinajstić information content (AvgIpc) is 2.32. The Morgan fingerprint density at radius 2 is 2.00 bits per heavy atom. The largest absolute Gasteiger partial charge is 0.308 e. The fourth-order valence-corrected chi connectivity index (χ4v) is 2.00. The molecular weight excluding hydrogens is 214 g/mol. The highest BCUT2D eigenvalue weighted by molar-refractivity contribution is 6.08. The molecule has 3 nitrogen and oxygen atoms in total. The zero-order valence-electron chi connectivity index (χ0n) is 9.85. The summed E-state index contributed by atoms with van der Waals surface area (Å²) in [6, 6.07) is 9.56. The number of hydrogen-bond acceptors (Lipinski definition) is 2. The summed E-state index contributed by atoms with van der Waals surface area (Å²) in [5.41, 5.74) is 1.51. The minimum Gasteiger partial charge on any atom is -0.308 e. The number of rotatable bonds is 3. The molecule has 3 heteroatoms. The van der Waals surface area contributed by atoms with Crippen molar-refractivity contribution in [3.8, 4) is 0 Å². The van der Waals surface area contributed by atoms with E-state index in [4.69, 9.17) is 0 Å². The van der Waals surface area contributed by atoms with Gasteiger partial charge in [0.15, 0.2) is 0 Å². The molecule has 0 N–H and O–H groups in total. The normalized spacial score (nSPS) is 15.7. The zero-order chi connectivity index (χ0) is 12.3. The van der Waals surface area contributed by atoms with Gasteiger partial charge in [0.1, 0.15) is 5.78 Å². The van der Waals surface area contributed by atoms with Crippen molar-refractivity contribution in [1.82, 2.24) is 0 Å². The summed E-state index contributed by atoms with van der Waals surface area (Å²) in [4.78, 5) is 25.0. The van der Waals surface area contributed by atoms with E-state index in [1.165, 1.54) is 6.92 Å². The second kappa shape index (κ2) is 4.95. The smallest absolute Gasteiger partial charge is 0.254 e. The van der Waals surface area contributed by atoms with E-state index in [1.807, 2.05) is 36.4 Å². The number of carbonyl (C=O) groups excluding carboxylic acids is 2. The van der Waals surface area contributed by atoms with Crippen LogP contribution in [0.25, 0.3) is 0 Å². The van der Waals surface area contributed by atoms with Crippen molar-refractivity contribution < 1.29 is 9.59 Å². The van der Waals surface area contributed by atoms with Gasteiger partial charge in [-0.1, -0.05) is 24.3 Å². The lowest BCUT2D eigenvalue weighted by molar-refractivity contribution is -0.119. The van der Waals surface area contributed by atoms with E-state index >= 15 is 0 Å². The molecule has 1 heterocycles. The van der Waals surface area contributed by atoms with Crippen molar-refractivity contribution in [2.45, 2.75) is 19.8 Å². The molecule has 1 aliphatic rings. The first kappa shape index (κ1) is 11.6. The second-order valence-electron chi connectivity index (χ2n) is 4.19. The minimum atomic E-state index is -0.0438. The third-order valence-corrected chi connectivity index (χ3v) is 2.77. The van der Waals surface area contributed by atoms with E-state index in [1.54, 1.807) is 4.90 Å². The lowest BCUT2D eigenvalue weighted by Crippen LogP contribution is -2.36. The Morgan fingerprint density at radius 1 is 1.29 bits per heavy atom. The molecule has 1 aromatic carbocycles. The zero-order valence-corrected chi connectivity index (χ0v) is 9.85. The number of ketones is 1. The van der Waals surface area contributed by atoms with Crippen LogP contribution in [0.5, 0.6) is 0 Å². The quantitative estimate of drug-likeness (QED) is 0.797. The van der Waals surface area contributed by atoms with E-state index in [-0.39, 0.29) is 18.1 Å². The molecular formula is C14H15NO2. The van der Waals surface area contributed by atoms with Crippen LogP contribution in [0.4, 0.5) is 5.69 Å². The fraction of sp³-hybridized carbons (Fsp3) is 0.286. The highest BCUT2D eigenvalue weighted by atomic mass is 16.2. The van der Waals surface area contributed by atoms with Crippen molar-refractivity contribution in [3.63, 3.8) is 0 Å². The number of Topliss-reactive ketones (excluding diaryl/α,β-unsaturated/α-hetero) is 1. The van der Waals surface area contributed by atoms with Gasteiger partial charge in [-0.2, -0.15) is 0 Å². The van der Waals surface area contributed by atoms with Crippen molar-refractivity contribution in [3.05, 3.63) is 42.0 Å². The Morgan fingerprint density at radius 3 is 2.65 bits per heavy atom. The molecule has 0 spiro atoms. The lowest BCUT2D eigenvalue weighted by Gasteiger charge is -2.27. The number of amides is 1. The minimum absolute atomic E-state index is 0.0273. The van der Waals surface area contributed by atoms with E-state index < -0.39 is 0 Å². The molecule has 1 aliphatic heterocycles. The molecule has 0 saturated heterocycles. The lowest BCUT2D eigenvalue weighted by atomic mass is 10.0. The number of carbonyl (C=O) groups is 2. The van der Waals surface area contributed by atoms with Gasteiger partial charge in [0.05, 0.1) is 0 Å². The molecule has 0 unspecified atom stereocenters. The predicted molar refractivity (Wildman–Crippen MR) is 66.8 cm³/mol. The summed E-state index contributed by atoms with van der Waals surface area (Å²) in [5, 5.41) is 0. The maximum atomic E-state index is 12.2. The van der Waals surface area contributed by atoms with E-state index in [9.17, 15) is 9.59 Å².